The molecule has 0 aliphatic carbocycles. The minimum Gasteiger partial charge on any atom is -0.497 e. The summed E-state index contributed by atoms with van der Waals surface area (Å²) in [6.45, 7) is 5.74. The standard InChI is InChI=1S/C24H30N2O3/c1-5-11-25-24(27)15-21(17-12-18(28-3)14-19(13-17)29-4)22-16-26(6-2)23-10-8-7-9-20(22)23/h7-10,12-14,16,21H,5-6,11,15H2,1-4H3,(H,25,27)/t21-/m0/s1. The van der Waals surface area contributed by atoms with Crippen LogP contribution in [-0.4, -0.2) is 31.2 Å². The van der Waals surface area contributed by atoms with Crippen molar-refractivity contribution >= 4 is 16.8 Å². The molecule has 3 aromatic rings. The number of methoxy groups -OCH3 is 2. The van der Waals surface area contributed by atoms with Crippen LogP contribution >= 0.6 is 0 Å². The molecule has 0 spiro atoms. The van der Waals surface area contributed by atoms with Crippen molar-refractivity contribution in [3.05, 3.63) is 59.8 Å². The van der Waals surface area contributed by atoms with Crippen LogP contribution < -0.4 is 14.8 Å². The first kappa shape index (κ1) is 20.8. The second-order valence-electron chi connectivity index (χ2n) is 7.14. The van der Waals surface area contributed by atoms with Crippen molar-refractivity contribution in [1.82, 2.24) is 9.88 Å². The summed E-state index contributed by atoms with van der Waals surface area (Å²) >= 11 is 0. The highest BCUT2D eigenvalue weighted by Crippen LogP contribution is 2.37. The monoisotopic (exact) mass is 394 g/mol. The van der Waals surface area contributed by atoms with E-state index in [0.717, 1.165) is 35.6 Å². The molecule has 0 aliphatic rings. The van der Waals surface area contributed by atoms with E-state index in [0.29, 0.717) is 13.0 Å². The Labute approximate surface area is 172 Å². The molecule has 0 aliphatic heterocycles. The van der Waals surface area contributed by atoms with Gasteiger partial charge in [0, 0.05) is 48.6 Å². The first-order valence-electron chi connectivity index (χ1n) is 10.2. The smallest absolute Gasteiger partial charge is 0.220 e. The number of benzene rings is 2. The summed E-state index contributed by atoms with van der Waals surface area (Å²) in [5.74, 6) is 1.38. The number of hydrogen-bond acceptors (Lipinski definition) is 3. The molecule has 0 saturated carbocycles. The molecule has 1 heterocycles. The molecule has 2 aromatic carbocycles. The molecule has 0 radical (unpaired) electrons. The van der Waals surface area contributed by atoms with Gasteiger partial charge in [0.05, 0.1) is 14.2 Å². The molecule has 154 valence electrons. The molecule has 1 aromatic heterocycles. The molecule has 0 saturated heterocycles. The van der Waals surface area contributed by atoms with Crippen molar-refractivity contribution in [3.8, 4) is 11.5 Å². The normalized spacial score (nSPS) is 12.0. The van der Waals surface area contributed by atoms with Gasteiger partial charge in [-0.05, 0) is 42.7 Å². The van der Waals surface area contributed by atoms with E-state index in [4.69, 9.17) is 9.47 Å². The fraction of sp³-hybridized carbons (Fsp3) is 0.375. The van der Waals surface area contributed by atoms with Gasteiger partial charge in [-0.1, -0.05) is 25.1 Å². The Morgan fingerprint density at radius 1 is 1.07 bits per heavy atom. The predicted molar refractivity (Wildman–Crippen MR) is 117 cm³/mol. The van der Waals surface area contributed by atoms with Crippen LogP contribution in [0.15, 0.2) is 48.7 Å². The van der Waals surface area contributed by atoms with Crippen LogP contribution in [0.3, 0.4) is 0 Å². The van der Waals surface area contributed by atoms with Crippen molar-refractivity contribution in [2.24, 2.45) is 0 Å². The molecule has 0 unspecified atom stereocenters. The fourth-order valence-corrected chi connectivity index (χ4v) is 3.77. The van der Waals surface area contributed by atoms with Crippen molar-refractivity contribution in [2.75, 3.05) is 20.8 Å². The number of carbonyl (C=O) groups is 1. The van der Waals surface area contributed by atoms with Gasteiger partial charge in [0.15, 0.2) is 0 Å². The maximum Gasteiger partial charge on any atom is 0.220 e. The first-order chi connectivity index (χ1) is 14.1. The van der Waals surface area contributed by atoms with E-state index in [-0.39, 0.29) is 11.8 Å². The summed E-state index contributed by atoms with van der Waals surface area (Å²) in [7, 11) is 3.29. The average molecular weight is 395 g/mol. The van der Waals surface area contributed by atoms with Crippen molar-refractivity contribution < 1.29 is 14.3 Å². The molecule has 1 atom stereocenters. The lowest BCUT2D eigenvalue weighted by molar-refractivity contribution is -0.121. The van der Waals surface area contributed by atoms with Gasteiger partial charge in [-0.25, -0.2) is 0 Å². The molecular formula is C24H30N2O3. The summed E-state index contributed by atoms with van der Waals surface area (Å²) in [5, 5.41) is 4.19. The third kappa shape index (κ3) is 4.56. The summed E-state index contributed by atoms with van der Waals surface area (Å²) in [6, 6.07) is 14.2. The van der Waals surface area contributed by atoms with Gasteiger partial charge in [0.25, 0.3) is 0 Å². The van der Waals surface area contributed by atoms with E-state index in [9.17, 15) is 4.79 Å². The molecule has 3 rings (SSSR count). The summed E-state index contributed by atoms with van der Waals surface area (Å²) < 4.78 is 13.2. The van der Waals surface area contributed by atoms with Crippen LogP contribution in [-0.2, 0) is 11.3 Å². The van der Waals surface area contributed by atoms with Gasteiger partial charge in [-0.15, -0.1) is 0 Å². The van der Waals surface area contributed by atoms with Crippen LogP contribution in [0.5, 0.6) is 11.5 Å². The molecule has 1 N–H and O–H groups in total. The Kier molecular flexibility index (Phi) is 6.81. The zero-order valence-corrected chi connectivity index (χ0v) is 17.7. The number of aryl methyl sites for hydroxylation is 1. The third-order valence-corrected chi connectivity index (χ3v) is 5.27. The number of amides is 1. The molecule has 29 heavy (non-hydrogen) atoms. The largest absolute Gasteiger partial charge is 0.497 e. The van der Waals surface area contributed by atoms with Crippen LogP contribution in [0.2, 0.25) is 0 Å². The number of para-hydroxylation sites is 1. The minimum absolute atomic E-state index is 0.0481. The van der Waals surface area contributed by atoms with Gasteiger partial charge in [-0.3, -0.25) is 4.79 Å². The second-order valence-corrected chi connectivity index (χ2v) is 7.14. The van der Waals surface area contributed by atoms with Gasteiger partial charge in [0.2, 0.25) is 5.91 Å². The second kappa shape index (κ2) is 9.50. The van der Waals surface area contributed by atoms with E-state index >= 15 is 0 Å². The Morgan fingerprint density at radius 2 is 1.76 bits per heavy atom. The van der Waals surface area contributed by atoms with Crippen molar-refractivity contribution in [3.63, 3.8) is 0 Å². The Balaban J connectivity index is 2.13. The highest BCUT2D eigenvalue weighted by atomic mass is 16.5. The van der Waals surface area contributed by atoms with Gasteiger partial charge in [-0.2, -0.15) is 0 Å². The van der Waals surface area contributed by atoms with Gasteiger partial charge in [0.1, 0.15) is 11.5 Å². The first-order valence-corrected chi connectivity index (χ1v) is 10.2. The topological polar surface area (TPSA) is 52.5 Å². The quantitative estimate of drug-likeness (QED) is 0.571. The van der Waals surface area contributed by atoms with Crippen LogP contribution in [0.1, 0.15) is 43.7 Å². The minimum atomic E-state index is -0.103. The number of nitrogens with one attached hydrogen (secondary N) is 1. The number of rotatable bonds is 9. The summed E-state index contributed by atoms with van der Waals surface area (Å²) in [5.41, 5.74) is 3.33. The zero-order chi connectivity index (χ0) is 20.8. The fourth-order valence-electron chi connectivity index (χ4n) is 3.77. The Hall–Kier alpha value is -2.95. The van der Waals surface area contributed by atoms with Crippen LogP contribution in [0.4, 0.5) is 0 Å². The van der Waals surface area contributed by atoms with Gasteiger partial charge >= 0.3 is 0 Å². The molecule has 5 heteroatoms. The van der Waals surface area contributed by atoms with Gasteiger partial charge < -0.3 is 19.4 Å². The molecule has 0 bridgehead atoms. The van der Waals surface area contributed by atoms with E-state index < -0.39 is 0 Å². The highest BCUT2D eigenvalue weighted by Gasteiger charge is 2.23. The number of hydrogen-bond donors (Lipinski definition) is 1. The maximum atomic E-state index is 12.7. The molecule has 5 nitrogen and oxygen atoms in total. The van der Waals surface area contributed by atoms with Crippen LogP contribution in [0.25, 0.3) is 10.9 Å². The van der Waals surface area contributed by atoms with E-state index in [1.54, 1.807) is 14.2 Å². The lowest BCUT2D eigenvalue weighted by Gasteiger charge is -2.19. The third-order valence-electron chi connectivity index (χ3n) is 5.27. The summed E-state index contributed by atoms with van der Waals surface area (Å²) in [6.07, 6.45) is 3.46. The highest BCUT2D eigenvalue weighted by molar-refractivity contribution is 5.86. The Bertz CT molecular complexity index is 955. The number of nitrogens with zero attached hydrogens (tertiary/aromatic N) is 1. The average Bonchev–Trinajstić information content (AvgIpc) is 3.14. The molecule has 0 fully saturated rings. The van der Waals surface area contributed by atoms with Crippen LogP contribution in [0, 0.1) is 0 Å². The number of fused-ring (bicyclic) bond motifs is 1. The molecular weight excluding hydrogens is 364 g/mol. The Morgan fingerprint density at radius 3 is 2.38 bits per heavy atom. The number of carbonyl (C=O) groups excluding carboxylic acids is 1. The molecule has 1 amide bonds. The van der Waals surface area contributed by atoms with E-state index in [1.165, 1.54) is 10.9 Å². The summed E-state index contributed by atoms with van der Waals surface area (Å²) in [4.78, 5) is 12.7. The maximum absolute atomic E-state index is 12.7. The predicted octanol–water partition coefficient (Wildman–Crippen LogP) is 4.73. The lowest BCUT2D eigenvalue weighted by Crippen LogP contribution is -2.26. The SMILES string of the molecule is CCCNC(=O)C[C@@H](c1cc(OC)cc(OC)c1)c1cn(CC)c2ccccc12. The van der Waals surface area contributed by atoms with Crippen molar-refractivity contribution in [1.29, 1.82) is 0 Å². The number of aromatic nitrogens is 1. The van der Waals surface area contributed by atoms with E-state index in [1.807, 2.05) is 24.3 Å². The zero-order valence-electron chi connectivity index (χ0n) is 17.7. The number of ether oxygens (including phenoxy) is 2. The van der Waals surface area contributed by atoms with Crippen molar-refractivity contribution in [2.45, 2.75) is 39.2 Å². The van der Waals surface area contributed by atoms with E-state index in [2.05, 4.69) is 48.1 Å². The lowest BCUT2D eigenvalue weighted by atomic mass is 9.87.